The third kappa shape index (κ3) is 4.12. The SMILES string of the molecule is O=C(c1ccccc1)N1CCC[C@@H](c2nc(-c3ccncc3)ncc2-c2ccncc2)C1. The van der Waals surface area contributed by atoms with Gasteiger partial charge in [-0.15, -0.1) is 0 Å². The second kappa shape index (κ2) is 9.06. The molecule has 3 aromatic heterocycles. The fourth-order valence-corrected chi connectivity index (χ4v) is 4.25. The zero-order valence-corrected chi connectivity index (χ0v) is 17.6. The van der Waals surface area contributed by atoms with E-state index >= 15 is 0 Å². The highest BCUT2D eigenvalue weighted by molar-refractivity contribution is 5.94. The summed E-state index contributed by atoms with van der Waals surface area (Å²) < 4.78 is 0. The van der Waals surface area contributed by atoms with Crippen molar-refractivity contribution in [2.24, 2.45) is 0 Å². The Kier molecular flexibility index (Phi) is 5.66. The standard InChI is InChI=1S/C26H23N5O/c32-26(21-5-2-1-3-6-21)31-16-4-7-22(18-31)24-23(19-8-12-27-13-9-19)17-29-25(30-24)20-10-14-28-15-11-20/h1-3,5-6,8-15,17,22H,4,7,16,18H2/t22-/m1/s1. The molecule has 6 heteroatoms. The lowest BCUT2D eigenvalue weighted by molar-refractivity contribution is 0.0706. The molecule has 0 saturated carbocycles. The van der Waals surface area contributed by atoms with Crippen molar-refractivity contribution >= 4 is 5.91 Å². The summed E-state index contributed by atoms with van der Waals surface area (Å²) >= 11 is 0. The number of amides is 1. The molecule has 1 saturated heterocycles. The summed E-state index contributed by atoms with van der Waals surface area (Å²) in [6.45, 7) is 1.40. The number of likely N-dealkylation sites (tertiary alicyclic amines) is 1. The molecule has 32 heavy (non-hydrogen) atoms. The molecule has 4 heterocycles. The largest absolute Gasteiger partial charge is 0.338 e. The maximum Gasteiger partial charge on any atom is 0.253 e. The fraction of sp³-hybridized carbons (Fsp3) is 0.192. The lowest BCUT2D eigenvalue weighted by atomic mass is 9.89. The normalized spacial score (nSPS) is 16.0. The Morgan fingerprint density at radius 3 is 2.28 bits per heavy atom. The number of rotatable bonds is 4. The average Bonchev–Trinajstić information content (AvgIpc) is 2.89. The fourth-order valence-electron chi connectivity index (χ4n) is 4.25. The molecule has 1 aliphatic heterocycles. The van der Waals surface area contributed by atoms with E-state index in [0.717, 1.165) is 47.3 Å². The van der Waals surface area contributed by atoms with Crippen molar-refractivity contribution in [3.8, 4) is 22.5 Å². The molecule has 1 atom stereocenters. The van der Waals surface area contributed by atoms with Gasteiger partial charge in [-0.25, -0.2) is 9.97 Å². The van der Waals surface area contributed by atoms with Crippen molar-refractivity contribution in [2.45, 2.75) is 18.8 Å². The molecule has 4 aromatic rings. The summed E-state index contributed by atoms with van der Waals surface area (Å²) in [6.07, 6.45) is 10.9. The van der Waals surface area contributed by atoms with E-state index in [1.54, 1.807) is 24.8 Å². The molecular weight excluding hydrogens is 398 g/mol. The van der Waals surface area contributed by atoms with Crippen LogP contribution in [0, 0.1) is 0 Å². The number of hydrogen-bond donors (Lipinski definition) is 0. The molecule has 1 amide bonds. The van der Waals surface area contributed by atoms with Crippen LogP contribution in [0.2, 0.25) is 0 Å². The summed E-state index contributed by atoms with van der Waals surface area (Å²) in [5, 5.41) is 0. The highest BCUT2D eigenvalue weighted by atomic mass is 16.2. The molecule has 1 aliphatic rings. The van der Waals surface area contributed by atoms with Crippen LogP contribution in [0.25, 0.3) is 22.5 Å². The van der Waals surface area contributed by atoms with E-state index in [2.05, 4.69) is 15.0 Å². The van der Waals surface area contributed by atoms with E-state index in [0.29, 0.717) is 12.4 Å². The van der Waals surface area contributed by atoms with Gasteiger partial charge in [0.25, 0.3) is 5.91 Å². The van der Waals surface area contributed by atoms with Crippen LogP contribution in [0.3, 0.4) is 0 Å². The second-order valence-electron chi connectivity index (χ2n) is 7.92. The first kappa shape index (κ1) is 20.0. The van der Waals surface area contributed by atoms with Gasteiger partial charge in [-0.2, -0.15) is 0 Å². The third-order valence-electron chi connectivity index (χ3n) is 5.86. The number of hydrogen-bond acceptors (Lipinski definition) is 5. The molecule has 0 radical (unpaired) electrons. The minimum absolute atomic E-state index is 0.0733. The van der Waals surface area contributed by atoms with Crippen LogP contribution < -0.4 is 0 Å². The predicted molar refractivity (Wildman–Crippen MR) is 123 cm³/mol. The number of piperidine rings is 1. The van der Waals surface area contributed by atoms with E-state index in [4.69, 9.17) is 4.98 Å². The molecule has 0 spiro atoms. The van der Waals surface area contributed by atoms with E-state index in [1.165, 1.54) is 0 Å². The van der Waals surface area contributed by atoms with Crippen LogP contribution in [0.15, 0.2) is 85.6 Å². The van der Waals surface area contributed by atoms with Crippen LogP contribution in [-0.2, 0) is 0 Å². The summed E-state index contributed by atoms with van der Waals surface area (Å²) in [6, 6.07) is 17.3. The van der Waals surface area contributed by atoms with Crippen molar-refractivity contribution in [3.63, 3.8) is 0 Å². The molecule has 158 valence electrons. The van der Waals surface area contributed by atoms with Gasteiger partial charge in [-0.1, -0.05) is 18.2 Å². The smallest absolute Gasteiger partial charge is 0.253 e. The maximum atomic E-state index is 13.1. The van der Waals surface area contributed by atoms with E-state index in [-0.39, 0.29) is 11.8 Å². The number of benzene rings is 1. The van der Waals surface area contributed by atoms with Gasteiger partial charge in [0.1, 0.15) is 0 Å². The van der Waals surface area contributed by atoms with Gasteiger partial charge in [0.05, 0.1) is 5.69 Å². The Bertz CT molecular complexity index is 1200. The summed E-state index contributed by atoms with van der Waals surface area (Å²) in [5.41, 5.74) is 4.65. The lowest BCUT2D eigenvalue weighted by Crippen LogP contribution is -2.39. The van der Waals surface area contributed by atoms with Crippen molar-refractivity contribution in [2.75, 3.05) is 13.1 Å². The molecule has 0 aliphatic carbocycles. The lowest BCUT2D eigenvalue weighted by Gasteiger charge is -2.33. The van der Waals surface area contributed by atoms with Gasteiger partial charge in [0, 0.05) is 66.7 Å². The highest BCUT2D eigenvalue weighted by Crippen LogP contribution is 2.34. The maximum absolute atomic E-state index is 13.1. The molecule has 5 rings (SSSR count). The van der Waals surface area contributed by atoms with Gasteiger partial charge < -0.3 is 4.90 Å². The van der Waals surface area contributed by atoms with Crippen LogP contribution in [0.1, 0.15) is 34.8 Å². The van der Waals surface area contributed by atoms with Crippen LogP contribution >= 0.6 is 0 Å². The number of carbonyl (C=O) groups excluding carboxylic acids is 1. The van der Waals surface area contributed by atoms with Gasteiger partial charge in [-0.05, 0) is 54.8 Å². The Morgan fingerprint density at radius 1 is 0.875 bits per heavy atom. The molecule has 0 N–H and O–H groups in total. The average molecular weight is 422 g/mol. The Hall–Kier alpha value is -3.93. The van der Waals surface area contributed by atoms with Crippen molar-refractivity contribution in [3.05, 3.63) is 96.8 Å². The summed E-state index contributed by atoms with van der Waals surface area (Å²) in [5.74, 6) is 0.874. The monoisotopic (exact) mass is 421 g/mol. The molecule has 0 bridgehead atoms. The van der Waals surface area contributed by atoms with Gasteiger partial charge in [0.15, 0.2) is 5.82 Å². The highest BCUT2D eigenvalue weighted by Gasteiger charge is 2.28. The minimum Gasteiger partial charge on any atom is -0.338 e. The first-order chi connectivity index (χ1) is 15.8. The Morgan fingerprint density at radius 2 is 1.56 bits per heavy atom. The number of carbonyl (C=O) groups is 1. The Labute approximate surface area is 187 Å². The molecular formula is C26H23N5O. The van der Waals surface area contributed by atoms with Gasteiger partial charge >= 0.3 is 0 Å². The third-order valence-corrected chi connectivity index (χ3v) is 5.86. The minimum atomic E-state index is 0.0733. The van der Waals surface area contributed by atoms with Crippen LogP contribution in [0.4, 0.5) is 0 Å². The number of pyridine rings is 2. The first-order valence-electron chi connectivity index (χ1n) is 10.8. The van der Waals surface area contributed by atoms with E-state index in [9.17, 15) is 4.79 Å². The van der Waals surface area contributed by atoms with Gasteiger partial charge in [0.2, 0.25) is 0 Å². The Balaban J connectivity index is 1.52. The van der Waals surface area contributed by atoms with Gasteiger partial charge in [-0.3, -0.25) is 14.8 Å². The van der Waals surface area contributed by atoms with E-state index in [1.807, 2.05) is 65.7 Å². The van der Waals surface area contributed by atoms with E-state index < -0.39 is 0 Å². The summed E-state index contributed by atoms with van der Waals surface area (Å²) in [4.78, 5) is 33.0. The van der Waals surface area contributed by atoms with Crippen LogP contribution in [0.5, 0.6) is 0 Å². The topological polar surface area (TPSA) is 71.9 Å². The molecule has 6 nitrogen and oxygen atoms in total. The first-order valence-corrected chi connectivity index (χ1v) is 10.8. The van der Waals surface area contributed by atoms with Crippen molar-refractivity contribution in [1.82, 2.24) is 24.8 Å². The quantitative estimate of drug-likeness (QED) is 0.481. The summed E-state index contributed by atoms with van der Waals surface area (Å²) in [7, 11) is 0. The molecule has 1 fully saturated rings. The zero-order chi connectivity index (χ0) is 21.8. The predicted octanol–water partition coefficient (Wildman–Crippen LogP) is 4.62. The molecule has 1 aromatic carbocycles. The zero-order valence-electron chi connectivity index (χ0n) is 17.6. The number of nitrogens with zero attached hydrogens (tertiary/aromatic N) is 5. The molecule has 0 unspecified atom stereocenters. The van der Waals surface area contributed by atoms with Crippen LogP contribution in [-0.4, -0.2) is 43.8 Å². The second-order valence-corrected chi connectivity index (χ2v) is 7.92. The number of aromatic nitrogens is 4. The van der Waals surface area contributed by atoms with Crippen molar-refractivity contribution in [1.29, 1.82) is 0 Å². The van der Waals surface area contributed by atoms with Crippen molar-refractivity contribution < 1.29 is 4.79 Å².